The largest absolute Gasteiger partial charge is 0.287 e. The fourth-order valence-electron chi connectivity index (χ4n) is 2.36. The minimum atomic E-state index is -0.0198. The summed E-state index contributed by atoms with van der Waals surface area (Å²) in [6.07, 6.45) is 5.43. The number of hydrogen-bond donors (Lipinski definition) is 0. The van der Waals surface area contributed by atoms with E-state index in [1.807, 2.05) is 30.3 Å². The summed E-state index contributed by atoms with van der Waals surface area (Å²) in [5.74, 6) is 0.619. The number of pyridine rings is 1. The molecule has 2 nitrogen and oxygen atoms in total. The van der Waals surface area contributed by atoms with Gasteiger partial charge in [-0.25, -0.2) is 0 Å². The lowest BCUT2D eigenvalue weighted by molar-refractivity contribution is 0.103. The number of rotatable bonds is 3. The molecule has 3 heteroatoms. The molecule has 0 atom stereocenters. The van der Waals surface area contributed by atoms with E-state index in [9.17, 15) is 4.79 Å². The second kappa shape index (κ2) is 5.25. The van der Waals surface area contributed by atoms with E-state index in [4.69, 9.17) is 0 Å². The zero-order valence-corrected chi connectivity index (χ0v) is 12.1. The van der Waals surface area contributed by atoms with Crippen LogP contribution >= 0.6 is 15.9 Å². The third kappa shape index (κ3) is 2.47. The smallest absolute Gasteiger partial charge is 0.212 e. The number of nitrogens with zero attached hydrogens (tertiary/aromatic N) is 1. The number of hydrogen-bond acceptors (Lipinski definition) is 2. The quantitative estimate of drug-likeness (QED) is 0.788. The van der Waals surface area contributed by atoms with Crippen LogP contribution in [-0.4, -0.2) is 10.8 Å². The van der Waals surface area contributed by atoms with Crippen molar-refractivity contribution in [2.75, 3.05) is 0 Å². The molecule has 1 fully saturated rings. The van der Waals surface area contributed by atoms with Crippen LogP contribution in [0, 0.1) is 0 Å². The minimum Gasteiger partial charge on any atom is -0.287 e. The molecule has 2 aromatic rings. The molecule has 1 aliphatic carbocycles. The van der Waals surface area contributed by atoms with Gasteiger partial charge in [-0.1, -0.05) is 24.6 Å². The summed E-state index contributed by atoms with van der Waals surface area (Å²) < 4.78 is 0.744. The fourth-order valence-corrected chi connectivity index (χ4v) is 2.80. The molecule has 0 radical (unpaired) electrons. The van der Waals surface area contributed by atoms with Crippen molar-refractivity contribution in [3.63, 3.8) is 0 Å². The molecule has 1 aromatic carbocycles. The Morgan fingerprint density at radius 2 is 2.05 bits per heavy atom. The van der Waals surface area contributed by atoms with Gasteiger partial charge in [0, 0.05) is 16.2 Å². The highest BCUT2D eigenvalue weighted by molar-refractivity contribution is 9.10. The molecule has 0 spiro atoms. The van der Waals surface area contributed by atoms with Crippen molar-refractivity contribution in [1.82, 2.24) is 4.98 Å². The number of ketones is 1. The summed E-state index contributed by atoms with van der Waals surface area (Å²) in [7, 11) is 0. The first-order chi connectivity index (χ1) is 9.25. The lowest BCUT2D eigenvalue weighted by Crippen LogP contribution is -2.10. The van der Waals surface area contributed by atoms with Crippen LogP contribution in [0.4, 0.5) is 0 Å². The predicted molar refractivity (Wildman–Crippen MR) is 78.4 cm³/mol. The van der Waals surface area contributed by atoms with Crippen LogP contribution < -0.4 is 0 Å². The first kappa shape index (κ1) is 12.5. The highest BCUT2D eigenvalue weighted by atomic mass is 79.9. The Morgan fingerprint density at radius 1 is 1.21 bits per heavy atom. The van der Waals surface area contributed by atoms with Gasteiger partial charge in [-0.2, -0.15) is 0 Å². The number of carbonyl (C=O) groups excluding carboxylic acids is 1. The van der Waals surface area contributed by atoms with Crippen LogP contribution in [-0.2, 0) is 0 Å². The van der Waals surface area contributed by atoms with Crippen LogP contribution in [0.1, 0.15) is 46.8 Å². The summed E-state index contributed by atoms with van der Waals surface area (Å²) in [6.45, 7) is 0. The lowest BCUT2D eigenvalue weighted by atomic mass is 9.79. The van der Waals surface area contributed by atoms with Gasteiger partial charge in [0.1, 0.15) is 5.69 Å². The molecule has 0 N–H and O–H groups in total. The van der Waals surface area contributed by atoms with Crippen molar-refractivity contribution < 1.29 is 4.79 Å². The number of carbonyl (C=O) groups is 1. The van der Waals surface area contributed by atoms with Crippen LogP contribution in [0.15, 0.2) is 47.1 Å². The summed E-state index contributed by atoms with van der Waals surface area (Å²) >= 11 is 3.38. The first-order valence-corrected chi connectivity index (χ1v) is 7.30. The molecule has 1 aliphatic rings. The molecule has 0 saturated heterocycles. The Bertz CT molecular complexity index is 620. The topological polar surface area (TPSA) is 30.0 Å². The zero-order valence-electron chi connectivity index (χ0n) is 10.5. The minimum absolute atomic E-state index is 0.0198. The van der Waals surface area contributed by atoms with Crippen molar-refractivity contribution in [3.8, 4) is 0 Å². The lowest BCUT2D eigenvalue weighted by Gasteiger charge is -2.26. The molecule has 0 unspecified atom stereocenters. The van der Waals surface area contributed by atoms with Crippen molar-refractivity contribution in [2.45, 2.75) is 25.2 Å². The van der Waals surface area contributed by atoms with Crippen molar-refractivity contribution in [3.05, 3.63) is 63.9 Å². The van der Waals surface area contributed by atoms with E-state index in [1.54, 1.807) is 6.20 Å². The highest BCUT2D eigenvalue weighted by Crippen LogP contribution is 2.36. The highest BCUT2D eigenvalue weighted by Gasteiger charge is 2.21. The van der Waals surface area contributed by atoms with Crippen LogP contribution in [0.3, 0.4) is 0 Å². The SMILES string of the molecule is O=C(c1cccc(C2CCC2)c1)c1ncccc1Br. The normalized spacial score (nSPS) is 15.0. The van der Waals surface area contributed by atoms with Gasteiger partial charge in [0.25, 0.3) is 0 Å². The molecule has 1 aromatic heterocycles. The van der Waals surface area contributed by atoms with Gasteiger partial charge in [0.2, 0.25) is 5.78 Å². The maximum atomic E-state index is 12.5. The van der Waals surface area contributed by atoms with E-state index < -0.39 is 0 Å². The zero-order chi connectivity index (χ0) is 13.2. The standard InChI is InChI=1S/C16H14BrNO/c17-14-8-3-9-18-15(14)16(19)13-7-2-6-12(10-13)11-4-1-5-11/h2-3,6-11H,1,4-5H2. The number of benzene rings is 1. The molecular weight excluding hydrogens is 302 g/mol. The molecule has 0 aliphatic heterocycles. The average Bonchev–Trinajstić information content (AvgIpc) is 2.37. The first-order valence-electron chi connectivity index (χ1n) is 6.51. The van der Waals surface area contributed by atoms with E-state index in [1.165, 1.54) is 24.8 Å². The van der Waals surface area contributed by atoms with Gasteiger partial charge in [0.05, 0.1) is 0 Å². The molecular formula is C16H14BrNO. The van der Waals surface area contributed by atoms with Crippen molar-refractivity contribution >= 4 is 21.7 Å². The Labute approximate surface area is 121 Å². The van der Waals surface area contributed by atoms with E-state index in [0.29, 0.717) is 11.6 Å². The monoisotopic (exact) mass is 315 g/mol. The summed E-state index contributed by atoms with van der Waals surface area (Å²) in [5, 5.41) is 0. The second-order valence-electron chi connectivity index (χ2n) is 4.92. The molecule has 0 bridgehead atoms. The molecule has 96 valence electrons. The predicted octanol–water partition coefficient (Wildman–Crippen LogP) is 4.34. The van der Waals surface area contributed by atoms with E-state index in [0.717, 1.165) is 10.0 Å². The van der Waals surface area contributed by atoms with Crippen LogP contribution in [0.5, 0.6) is 0 Å². The van der Waals surface area contributed by atoms with E-state index in [2.05, 4.69) is 27.0 Å². The van der Waals surface area contributed by atoms with Gasteiger partial charge >= 0.3 is 0 Å². The van der Waals surface area contributed by atoms with Gasteiger partial charge in [-0.3, -0.25) is 9.78 Å². The molecule has 19 heavy (non-hydrogen) atoms. The third-order valence-corrected chi connectivity index (χ3v) is 4.34. The molecule has 0 amide bonds. The van der Waals surface area contributed by atoms with E-state index in [-0.39, 0.29) is 5.78 Å². The summed E-state index contributed by atoms with van der Waals surface area (Å²) in [4.78, 5) is 16.6. The Hall–Kier alpha value is -1.48. The Balaban J connectivity index is 1.93. The van der Waals surface area contributed by atoms with Crippen LogP contribution in [0.25, 0.3) is 0 Å². The molecule has 1 saturated carbocycles. The van der Waals surface area contributed by atoms with Gasteiger partial charge in [-0.15, -0.1) is 0 Å². The number of aromatic nitrogens is 1. The maximum Gasteiger partial charge on any atom is 0.212 e. The number of halogens is 1. The molecule has 3 rings (SSSR count). The maximum absolute atomic E-state index is 12.5. The average molecular weight is 316 g/mol. The Morgan fingerprint density at radius 3 is 2.74 bits per heavy atom. The van der Waals surface area contributed by atoms with Crippen molar-refractivity contribution in [1.29, 1.82) is 0 Å². The van der Waals surface area contributed by atoms with Crippen molar-refractivity contribution in [2.24, 2.45) is 0 Å². The van der Waals surface area contributed by atoms with Crippen LogP contribution in [0.2, 0.25) is 0 Å². The van der Waals surface area contributed by atoms with Gasteiger partial charge in [-0.05, 0) is 58.5 Å². The fraction of sp³-hybridized carbons (Fsp3) is 0.250. The molecule has 1 heterocycles. The second-order valence-corrected chi connectivity index (χ2v) is 5.77. The summed E-state index contributed by atoms with van der Waals surface area (Å²) in [6, 6.07) is 11.6. The van der Waals surface area contributed by atoms with E-state index >= 15 is 0 Å². The summed E-state index contributed by atoms with van der Waals surface area (Å²) in [5.41, 5.74) is 2.49. The Kier molecular flexibility index (Phi) is 3.47. The third-order valence-electron chi connectivity index (χ3n) is 3.70. The van der Waals surface area contributed by atoms with Gasteiger partial charge < -0.3 is 0 Å². The van der Waals surface area contributed by atoms with Gasteiger partial charge in [0.15, 0.2) is 0 Å².